The molecule has 2 aromatic heterocycles. The molecule has 12 heteroatoms. The summed E-state index contributed by atoms with van der Waals surface area (Å²) < 4.78 is 5.06. The zero-order chi connectivity index (χ0) is 26.4. The number of carbonyl (C=O) groups is 2. The second kappa shape index (κ2) is 12.3. The molecule has 10 nitrogen and oxygen atoms in total. The molecule has 0 spiro atoms. The van der Waals surface area contributed by atoms with E-state index in [4.69, 9.17) is 27.9 Å². The lowest BCUT2D eigenvalue weighted by molar-refractivity contribution is 0.0911. The van der Waals surface area contributed by atoms with Crippen molar-refractivity contribution in [3.8, 4) is 11.3 Å². The van der Waals surface area contributed by atoms with Gasteiger partial charge in [0, 0.05) is 35.9 Å². The molecule has 3 aromatic rings. The molecule has 4 rings (SSSR count). The van der Waals surface area contributed by atoms with Crippen LogP contribution in [0.1, 0.15) is 41.9 Å². The molecule has 1 aliphatic rings. The Kier molecular flexibility index (Phi) is 8.86. The van der Waals surface area contributed by atoms with Gasteiger partial charge in [-0.05, 0) is 43.5 Å². The van der Waals surface area contributed by atoms with Crippen LogP contribution in [0.2, 0.25) is 10.0 Å². The average Bonchev–Trinajstić information content (AvgIpc) is 3.39. The molecule has 0 bridgehead atoms. The monoisotopic (exact) mass is 546 g/mol. The van der Waals surface area contributed by atoms with Crippen LogP contribution in [0.3, 0.4) is 0 Å². The molecule has 4 N–H and O–H groups in total. The second-order valence-electron chi connectivity index (χ2n) is 8.56. The average molecular weight is 547 g/mol. The molecule has 3 heterocycles. The zero-order valence-electron chi connectivity index (χ0n) is 20.2. The number of rotatable bonds is 8. The van der Waals surface area contributed by atoms with Crippen molar-refractivity contribution in [2.45, 2.75) is 31.8 Å². The van der Waals surface area contributed by atoms with Gasteiger partial charge in [-0.3, -0.25) is 4.79 Å². The number of aliphatic hydroxyl groups excluding tert-OH is 1. The highest BCUT2D eigenvalue weighted by atomic mass is 35.5. The number of aromatic amines is 1. The number of nitrogens with zero attached hydrogens (tertiary/aromatic N) is 3. The molecule has 0 radical (unpaired) electrons. The molecule has 2 amide bonds. The van der Waals surface area contributed by atoms with Crippen LogP contribution in [0.5, 0.6) is 0 Å². The fourth-order valence-corrected chi connectivity index (χ4v) is 4.50. The van der Waals surface area contributed by atoms with Gasteiger partial charge in [-0.2, -0.15) is 0 Å². The maximum atomic E-state index is 12.8. The van der Waals surface area contributed by atoms with E-state index in [1.807, 2.05) is 0 Å². The van der Waals surface area contributed by atoms with Gasteiger partial charge in [0.25, 0.3) is 5.91 Å². The van der Waals surface area contributed by atoms with Gasteiger partial charge < -0.3 is 30.4 Å². The van der Waals surface area contributed by atoms with Gasteiger partial charge in [-0.25, -0.2) is 14.8 Å². The number of aliphatic hydroxyl groups is 1. The summed E-state index contributed by atoms with van der Waals surface area (Å²) in [6, 6.07) is 8.06. The first-order valence-electron chi connectivity index (χ1n) is 11.9. The molecule has 1 fully saturated rings. The van der Waals surface area contributed by atoms with Crippen molar-refractivity contribution in [2.24, 2.45) is 0 Å². The maximum Gasteiger partial charge on any atom is 0.409 e. The minimum atomic E-state index is -0.619. The summed E-state index contributed by atoms with van der Waals surface area (Å²) >= 11 is 12.4. The van der Waals surface area contributed by atoms with Crippen molar-refractivity contribution in [3.05, 3.63) is 64.0 Å². The molecule has 1 atom stereocenters. The van der Waals surface area contributed by atoms with E-state index in [0.717, 1.165) is 12.8 Å². The lowest BCUT2D eigenvalue weighted by Gasteiger charge is -2.31. The quantitative estimate of drug-likeness (QED) is 0.331. The van der Waals surface area contributed by atoms with Crippen LogP contribution in [-0.2, 0) is 4.74 Å². The molecule has 0 aliphatic carbocycles. The summed E-state index contributed by atoms with van der Waals surface area (Å²) in [7, 11) is 0. The van der Waals surface area contributed by atoms with Crippen molar-refractivity contribution < 1.29 is 19.4 Å². The number of nitrogens with one attached hydrogen (secondary N) is 3. The van der Waals surface area contributed by atoms with E-state index in [1.54, 1.807) is 48.4 Å². The van der Waals surface area contributed by atoms with E-state index in [9.17, 15) is 14.7 Å². The number of benzene rings is 1. The highest BCUT2D eigenvalue weighted by Gasteiger charge is 2.24. The van der Waals surface area contributed by atoms with E-state index in [2.05, 4.69) is 25.6 Å². The highest BCUT2D eigenvalue weighted by molar-refractivity contribution is 6.33. The lowest BCUT2D eigenvalue weighted by atomic mass is 10.1. The van der Waals surface area contributed by atoms with Crippen LogP contribution in [0.4, 0.5) is 10.7 Å². The number of aromatic nitrogens is 3. The number of H-pyrrole nitrogens is 1. The van der Waals surface area contributed by atoms with E-state index < -0.39 is 11.9 Å². The minimum Gasteiger partial charge on any atom is -0.450 e. The Morgan fingerprint density at radius 2 is 2.05 bits per heavy atom. The summed E-state index contributed by atoms with van der Waals surface area (Å²) in [5.74, 6) is 0.00430. The smallest absolute Gasteiger partial charge is 0.409 e. The lowest BCUT2D eigenvalue weighted by Crippen LogP contribution is -2.42. The van der Waals surface area contributed by atoms with Gasteiger partial charge >= 0.3 is 6.09 Å². The number of likely N-dealkylation sites (tertiary alicyclic amines) is 1. The van der Waals surface area contributed by atoms with Gasteiger partial charge in [-0.1, -0.05) is 35.3 Å². The molecule has 1 aromatic carbocycles. The largest absolute Gasteiger partial charge is 0.450 e. The number of halogens is 2. The third-order valence-corrected chi connectivity index (χ3v) is 6.55. The minimum absolute atomic E-state index is 0.0918. The Hall–Kier alpha value is -3.34. The number of amides is 2. The first-order valence-corrected chi connectivity index (χ1v) is 12.7. The highest BCUT2D eigenvalue weighted by Crippen LogP contribution is 2.28. The van der Waals surface area contributed by atoms with Gasteiger partial charge in [0.15, 0.2) is 0 Å². The SMILES string of the molecule is CCOC(=O)N1CCC(Nc2ncc(Cl)c(-c3c[nH]c(C(=O)N[C@H](CO)c4cccc(Cl)c4)c3)n2)CC1. The van der Waals surface area contributed by atoms with E-state index >= 15 is 0 Å². The third kappa shape index (κ3) is 6.71. The Labute approximate surface area is 224 Å². The number of piperidine rings is 1. The van der Waals surface area contributed by atoms with Crippen LogP contribution < -0.4 is 10.6 Å². The van der Waals surface area contributed by atoms with Crippen molar-refractivity contribution in [1.82, 2.24) is 25.2 Å². The van der Waals surface area contributed by atoms with Gasteiger partial charge in [0.2, 0.25) is 5.95 Å². The molecule has 0 saturated carbocycles. The molecule has 1 aliphatic heterocycles. The number of anilines is 1. The zero-order valence-corrected chi connectivity index (χ0v) is 21.7. The molecular weight excluding hydrogens is 519 g/mol. The number of carbonyl (C=O) groups excluding carboxylic acids is 2. The van der Waals surface area contributed by atoms with Gasteiger partial charge in [0.05, 0.1) is 36.2 Å². The number of hydrogen-bond acceptors (Lipinski definition) is 7. The Balaban J connectivity index is 1.41. The fraction of sp³-hybridized carbons (Fsp3) is 0.360. The normalized spacial score (nSPS) is 14.8. The summed E-state index contributed by atoms with van der Waals surface area (Å²) in [6.45, 7) is 3.01. The molecule has 1 saturated heterocycles. The Morgan fingerprint density at radius 1 is 1.27 bits per heavy atom. The van der Waals surface area contributed by atoms with Crippen molar-refractivity contribution in [2.75, 3.05) is 31.6 Å². The van der Waals surface area contributed by atoms with Crippen LogP contribution in [0.25, 0.3) is 11.3 Å². The standard InChI is InChI=1S/C25H28Cl2N6O4/c1-2-37-25(36)33-8-6-18(7-9-33)30-24-29-13-19(27)22(32-24)16-11-20(28-12-16)23(35)31-21(14-34)15-4-3-5-17(26)10-15/h3-5,10-13,18,21,28,34H,2,6-9,14H2,1H3,(H,31,35)(H,29,30,32)/t21-/m1/s1. The van der Waals surface area contributed by atoms with Gasteiger partial charge in [0.1, 0.15) is 5.69 Å². The first kappa shape index (κ1) is 26.7. The summed E-state index contributed by atoms with van der Waals surface area (Å²) in [6.07, 6.45) is 4.31. The van der Waals surface area contributed by atoms with Crippen LogP contribution in [-0.4, -0.2) is 69.3 Å². The Morgan fingerprint density at radius 3 is 2.76 bits per heavy atom. The fourth-order valence-electron chi connectivity index (χ4n) is 4.10. The van der Waals surface area contributed by atoms with Gasteiger partial charge in [-0.15, -0.1) is 0 Å². The topological polar surface area (TPSA) is 132 Å². The van der Waals surface area contributed by atoms with Crippen molar-refractivity contribution >= 4 is 41.2 Å². The Bertz CT molecular complexity index is 1250. The maximum absolute atomic E-state index is 12.8. The van der Waals surface area contributed by atoms with E-state index in [0.29, 0.717) is 52.5 Å². The van der Waals surface area contributed by atoms with Crippen molar-refractivity contribution in [3.63, 3.8) is 0 Å². The third-order valence-electron chi connectivity index (χ3n) is 6.04. The van der Waals surface area contributed by atoms with E-state index in [1.165, 1.54) is 6.20 Å². The summed E-state index contributed by atoms with van der Waals surface area (Å²) in [4.78, 5) is 38.2. The summed E-state index contributed by atoms with van der Waals surface area (Å²) in [5, 5.41) is 16.7. The number of hydrogen-bond donors (Lipinski definition) is 4. The van der Waals surface area contributed by atoms with Crippen LogP contribution in [0, 0.1) is 0 Å². The van der Waals surface area contributed by atoms with Crippen molar-refractivity contribution in [1.29, 1.82) is 0 Å². The van der Waals surface area contributed by atoms with E-state index in [-0.39, 0.29) is 24.4 Å². The first-order chi connectivity index (χ1) is 17.9. The molecule has 196 valence electrons. The number of ether oxygens (including phenoxy) is 1. The summed E-state index contributed by atoms with van der Waals surface area (Å²) in [5.41, 5.74) is 2.05. The van der Waals surface area contributed by atoms with Crippen LogP contribution in [0.15, 0.2) is 42.7 Å². The second-order valence-corrected chi connectivity index (χ2v) is 9.40. The molecule has 0 unspecified atom stereocenters. The predicted molar refractivity (Wildman–Crippen MR) is 141 cm³/mol. The predicted octanol–water partition coefficient (Wildman–Crippen LogP) is 4.27. The van der Waals surface area contributed by atoms with Crippen LogP contribution >= 0.6 is 23.2 Å². The molecular formula is C25H28Cl2N6O4. The molecule has 37 heavy (non-hydrogen) atoms.